The molecule has 0 aromatic carbocycles. The molecular weight excluding hydrogens is 210 g/mol. The molecule has 84 valence electrons. The van der Waals surface area contributed by atoms with Crippen molar-refractivity contribution in [3.63, 3.8) is 0 Å². The Morgan fingerprint density at radius 2 is 2.47 bits per heavy atom. The summed E-state index contributed by atoms with van der Waals surface area (Å²) in [5.74, 6) is 0.0214. The fourth-order valence-corrected chi connectivity index (χ4v) is 2.02. The Morgan fingerprint density at radius 3 is 3.07 bits per heavy atom. The van der Waals surface area contributed by atoms with Crippen LogP contribution in [0.15, 0.2) is 17.5 Å². The zero-order chi connectivity index (χ0) is 11.1. The Kier molecular flexibility index (Phi) is 5.36. The van der Waals surface area contributed by atoms with Crippen molar-refractivity contribution in [2.75, 3.05) is 6.61 Å². The van der Waals surface area contributed by atoms with E-state index in [0.717, 1.165) is 12.8 Å². The lowest BCUT2D eigenvalue weighted by Gasteiger charge is -2.09. The van der Waals surface area contributed by atoms with Crippen LogP contribution in [0, 0.1) is 0 Å². The third-order valence-corrected chi connectivity index (χ3v) is 3.02. The smallest absolute Gasteiger partial charge is 0.220 e. The highest BCUT2D eigenvalue weighted by molar-refractivity contribution is 7.09. The number of amides is 1. The molecule has 0 saturated heterocycles. The van der Waals surface area contributed by atoms with Crippen LogP contribution in [0.25, 0.3) is 0 Å². The average Bonchev–Trinajstić information content (AvgIpc) is 2.70. The minimum absolute atomic E-state index is 0.00331. The first-order chi connectivity index (χ1) is 7.22. The van der Waals surface area contributed by atoms with Crippen LogP contribution in [-0.4, -0.2) is 23.7 Å². The number of aliphatic hydroxyl groups is 1. The molecule has 1 aromatic rings. The van der Waals surface area contributed by atoms with Crippen LogP contribution in [0.1, 0.15) is 24.6 Å². The molecule has 0 fully saturated rings. The van der Waals surface area contributed by atoms with Gasteiger partial charge in [0.05, 0.1) is 6.61 Å². The number of hydrogen-bond acceptors (Lipinski definition) is 3. The number of aryl methyl sites for hydroxylation is 1. The van der Waals surface area contributed by atoms with E-state index in [-0.39, 0.29) is 18.6 Å². The minimum Gasteiger partial charge on any atom is -0.394 e. The first kappa shape index (κ1) is 12.2. The molecule has 1 amide bonds. The van der Waals surface area contributed by atoms with Gasteiger partial charge in [0.1, 0.15) is 0 Å². The number of rotatable bonds is 6. The number of aliphatic hydroxyl groups excluding tert-OH is 1. The van der Waals surface area contributed by atoms with Crippen LogP contribution in [0.2, 0.25) is 0 Å². The summed E-state index contributed by atoms with van der Waals surface area (Å²) in [6.45, 7) is 1.79. The van der Waals surface area contributed by atoms with Gasteiger partial charge in [0.15, 0.2) is 0 Å². The van der Waals surface area contributed by atoms with Gasteiger partial charge >= 0.3 is 0 Å². The highest BCUT2D eigenvalue weighted by atomic mass is 32.1. The molecule has 0 aliphatic heterocycles. The maximum atomic E-state index is 11.3. The van der Waals surface area contributed by atoms with Gasteiger partial charge in [-0.15, -0.1) is 11.3 Å². The van der Waals surface area contributed by atoms with Crippen LogP contribution >= 0.6 is 11.3 Å². The van der Waals surface area contributed by atoms with Gasteiger partial charge < -0.3 is 10.4 Å². The highest BCUT2D eigenvalue weighted by Gasteiger charge is 2.05. The van der Waals surface area contributed by atoms with Gasteiger partial charge in [-0.2, -0.15) is 0 Å². The lowest BCUT2D eigenvalue weighted by molar-refractivity contribution is -0.122. The molecule has 4 heteroatoms. The summed E-state index contributed by atoms with van der Waals surface area (Å²) in [6, 6.07) is 3.96. The number of carbonyl (C=O) groups excluding carboxylic acids is 1. The summed E-state index contributed by atoms with van der Waals surface area (Å²) in [4.78, 5) is 12.6. The summed E-state index contributed by atoms with van der Waals surface area (Å²) in [6.07, 6.45) is 2.35. The predicted molar refractivity (Wildman–Crippen MR) is 61.9 cm³/mol. The first-order valence-electron chi connectivity index (χ1n) is 5.15. The van der Waals surface area contributed by atoms with Crippen molar-refractivity contribution in [3.8, 4) is 0 Å². The zero-order valence-electron chi connectivity index (χ0n) is 8.90. The van der Waals surface area contributed by atoms with Gasteiger partial charge in [-0.1, -0.05) is 6.07 Å². The fraction of sp³-hybridized carbons (Fsp3) is 0.545. The van der Waals surface area contributed by atoms with Crippen LogP contribution in [0.4, 0.5) is 0 Å². The Hall–Kier alpha value is -0.870. The van der Waals surface area contributed by atoms with Crippen molar-refractivity contribution >= 4 is 17.2 Å². The van der Waals surface area contributed by atoms with Crippen molar-refractivity contribution in [3.05, 3.63) is 22.4 Å². The molecule has 0 spiro atoms. The van der Waals surface area contributed by atoms with E-state index < -0.39 is 0 Å². The van der Waals surface area contributed by atoms with E-state index in [0.29, 0.717) is 6.42 Å². The van der Waals surface area contributed by atoms with E-state index in [4.69, 9.17) is 5.11 Å². The SMILES string of the molecule is C[C@H](CO)NC(=O)CCCc1cccs1. The second kappa shape index (κ2) is 6.58. The molecule has 0 radical (unpaired) electrons. The highest BCUT2D eigenvalue weighted by Crippen LogP contribution is 2.11. The lowest BCUT2D eigenvalue weighted by Crippen LogP contribution is -2.34. The quantitative estimate of drug-likeness (QED) is 0.775. The Morgan fingerprint density at radius 1 is 1.67 bits per heavy atom. The molecule has 3 nitrogen and oxygen atoms in total. The fourth-order valence-electron chi connectivity index (χ4n) is 1.27. The van der Waals surface area contributed by atoms with E-state index in [1.54, 1.807) is 18.3 Å². The third-order valence-electron chi connectivity index (χ3n) is 2.09. The molecule has 0 saturated carbocycles. The molecule has 0 bridgehead atoms. The summed E-state index contributed by atoms with van der Waals surface area (Å²) >= 11 is 1.72. The zero-order valence-corrected chi connectivity index (χ0v) is 9.72. The maximum Gasteiger partial charge on any atom is 0.220 e. The molecule has 0 aliphatic carbocycles. The third kappa shape index (κ3) is 4.95. The normalized spacial score (nSPS) is 12.4. The maximum absolute atomic E-state index is 11.3. The van der Waals surface area contributed by atoms with Crippen molar-refractivity contribution in [1.82, 2.24) is 5.32 Å². The number of carbonyl (C=O) groups is 1. The number of hydrogen-bond donors (Lipinski definition) is 2. The largest absolute Gasteiger partial charge is 0.394 e. The summed E-state index contributed by atoms with van der Waals surface area (Å²) in [5, 5.41) is 13.5. The molecule has 0 unspecified atom stereocenters. The molecule has 1 rings (SSSR count). The van der Waals surface area contributed by atoms with E-state index in [1.165, 1.54) is 4.88 Å². The van der Waals surface area contributed by atoms with E-state index >= 15 is 0 Å². The topological polar surface area (TPSA) is 49.3 Å². The monoisotopic (exact) mass is 227 g/mol. The number of thiophene rings is 1. The van der Waals surface area contributed by atoms with Crippen molar-refractivity contribution in [1.29, 1.82) is 0 Å². The molecular formula is C11H17NO2S. The molecule has 2 N–H and O–H groups in total. The molecule has 1 aromatic heterocycles. The minimum atomic E-state index is -0.140. The van der Waals surface area contributed by atoms with Crippen LogP contribution in [0.3, 0.4) is 0 Å². The van der Waals surface area contributed by atoms with Crippen molar-refractivity contribution in [2.45, 2.75) is 32.2 Å². The van der Waals surface area contributed by atoms with Crippen LogP contribution < -0.4 is 5.32 Å². The molecule has 15 heavy (non-hydrogen) atoms. The standard InChI is InChI=1S/C11H17NO2S/c1-9(8-13)12-11(14)6-2-4-10-5-3-7-15-10/h3,5,7,9,13H,2,4,6,8H2,1H3,(H,12,14)/t9-/m1/s1. The van der Waals surface area contributed by atoms with Crippen molar-refractivity contribution in [2.24, 2.45) is 0 Å². The summed E-state index contributed by atoms with van der Waals surface area (Å²) in [5.41, 5.74) is 0. The Bertz CT molecular complexity index is 285. The lowest BCUT2D eigenvalue weighted by atomic mass is 10.2. The predicted octanol–water partition coefficient (Wildman–Crippen LogP) is 1.57. The van der Waals surface area contributed by atoms with E-state index in [9.17, 15) is 4.79 Å². The van der Waals surface area contributed by atoms with Crippen LogP contribution in [0.5, 0.6) is 0 Å². The van der Waals surface area contributed by atoms with Gasteiger partial charge in [-0.25, -0.2) is 0 Å². The molecule has 1 atom stereocenters. The number of nitrogens with one attached hydrogen (secondary N) is 1. The molecule has 1 heterocycles. The molecule has 0 aliphatic rings. The van der Waals surface area contributed by atoms with Gasteiger partial charge in [0.25, 0.3) is 0 Å². The van der Waals surface area contributed by atoms with Gasteiger partial charge in [0, 0.05) is 17.3 Å². The Labute approximate surface area is 94.1 Å². The average molecular weight is 227 g/mol. The second-order valence-electron chi connectivity index (χ2n) is 3.58. The van der Waals surface area contributed by atoms with Gasteiger partial charge in [-0.05, 0) is 31.2 Å². The van der Waals surface area contributed by atoms with E-state index in [1.807, 2.05) is 11.4 Å². The van der Waals surface area contributed by atoms with Gasteiger partial charge in [0.2, 0.25) is 5.91 Å². The second-order valence-corrected chi connectivity index (χ2v) is 4.62. The van der Waals surface area contributed by atoms with Crippen LogP contribution in [-0.2, 0) is 11.2 Å². The Balaban J connectivity index is 2.12. The van der Waals surface area contributed by atoms with Crippen molar-refractivity contribution < 1.29 is 9.90 Å². The summed E-state index contributed by atoms with van der Waals surface area (Å²) < 4.78 is 0. The van der Waals surface area contributed by atoms with E-state index in [2.05, 4.69) is 11.4 Å². The first-order valence-corrected chi connectivity index (χ1v) is 6.03. The summed E-state index contributed by atoms with van der Waals surface area (Å²) in [7, 11) is 0. The van der Waals surface area contributed by atoms with Gasteiger partial charge in [-0.3, -0.25) is 4.79 Å².